The van der Waals surface area contributed by atoms with Gasteiger partial charge in [-0.25, -0.2) is 0 Å². The molecule has 0 atom stereocenters. The summed E-state index contributed by atoms with van der Waals surface area (Å²) in [6.07, 6.45) is 7.46. The van der Waals surface area contributed by atoms with Gasteiger partial charge in [0.05, 0.1) is 22.4 Å². The van der Waals surface area contributed by atoms with Crippen LogP contribution in [0.5, 0.6) is 0 Å². The molecule has 0 bridgehead atoms. The van der Waals surface area contributed by atoms with Crippen molar-refractivity contribution in [3.63, 3.8) is 0 Å². The number of likely N-dealkylation sites (N-methyl/N-ethyl adjacent to an activating group) is 1. The summed E-state index contributed by atoms with van der Waals surface area (Å²) in [6, 6.07) is 6.20. The molecular weight excluding hydrogens is 314 g/mol. The number of nitrogens with zero attached hydrogens (tertiary/aromatic N) is 4. The van der Waals surface area contributed by atoms with Crippen LogP contribution >= 0.6 is 0 Å². The molecule has 7 heteroatoms. The lowest BCUT2D eigenvalue weighted by Gasteiger charge is -2.37. The molecule has 1 fully saturated rings. The van der Waals surface area contributed by atoms with Gasteiger partial charge in [0.2, 0.25) is 0 Å². The molecule has 2 aliphatic heterocycles. The maximum absolute atomic E-state index is 4.38. The van der Waals surface area contributed by atoms with Gasteiger partial charge in [0.15, 0.2) is 0 Å². The van der Waals surface area contributed by atoms with Gasteiger partial charge in [-0.3, -0.25) is 9.97 Å². The first-order valence-corrected chi connectivity index (χ1v) is 8.58. The number of piperazine rings is 1. The van der Waals surface area contributed by atoms with Crippen LogP contribution in [0.25, 0.3) is 11.0 Å². The van der Waals surface area contributed by atoms with Gasteiger partial charge in [0, 0.05) is 57.5 Å². The van der Waals surface area contributed by atoms with Crippen molar-refractivity contribution < 1.29 is 0 Å². The number of nitrogens with one attached hydrogen (secondary N) is 3. The Balaban J connectivity index is 1.45. The van der Waals surface area contributed by atoms with Crippen LogP contribution in [-0.2, 0) is 6.54 Å². The average Bonchev–Trinajstić information content (AvgIpc) is 2.67. The molecule has 3 N–H and O–H groups in total. The third-order valence-electron chi connectivity index (χ3n) is 4.65. The predicted octanol–water partition coefficient (Wildman–Crippen LogP) is 0.757. The Labute approximate surface area is 147 Å². The lowest BCUT2D eigenvalue weighted by molar-refractivity contribution is 0.186. The Bertz CT molecular complexity index is 806. The van der Waals surface area contributed by atoms with E-state index in [1.807, 2.05) is 18.5 Å². The zero-order valence-corrected chi connectivity index (χ0v) is 14.4. The molecule has 3 heterocycles. The van der Waals surface area contributed by atoms with Crippen LogP contribution in [0.2, 0.25) is 0 Å². The van der Waals surface area contributed by atoms with Crippen molar-refractivity contribution in [2.75, 3.05) is 33.2 Å². The number of fused-ring (bicyclic) bond motifs is 1. The van der Waals surface area contributed by atoms with Crippen LogP contribution in [-0.4, -0.2) is 53.0 Å². The summed E-state index contributed by atoms with van der Waals surface area (Å²) in [6.45, 7) is 4.98. The molecule has 7 nitrogen and oxygen atoms in total. The summed E-state index contributed by atoms with van der Waals surface area (Å²) in [5, 5.41) is 3.55. The molecule has 0 amide bonds. The molecule has 0 spiro atoms. The Morgan fingerprint density at radius 1 is 1.00 bits per heavy atom. The highest BCUT2D eigenvalue weighted by molar-refractivity contribution is 5.74. The zero-order chi connectivity index (χ0) is 17.1. The van der Waals surface area contributed by atoms with Gasteiger partial charge in [0.25, 0.3) is 0 Å². The Kier molecular flexibility index (Phi) is 4.39. The smallest absolute Gasteiger partial charge is 0.0890 e. The highest BCUT2D eigenvalue weighted by atomic mass is 15.4. The fourth-order valence-electron chi connectivity index (χ4n) is 3.14. The van der Waals surface area contributed by atoms with Gasteiger partial charge >= 0.3 is 0 Å². The molecule has 4 rings (SSSR count). The van der Waals surface area contributed by atoms with Crippen LogP contribution in [0.3, 0.4) is 0 Å². The Morgan fingerprint density at radius 2 is 1.76 bits per heavy atom. The lowest BCUT2D eigenvalue weighted by atomic mass is 10.1. The van der Waals surface area contributed by atoms with Crippen LogP contribution in [0, 0.1) is 0 Å². The highest BCUT2D eigenvalue weighted by Crippen LogP contribution is 2.17. The number of benzene rings is 1. The minimum Gasteiger partial charge on any atom is -0.378 e. The van der Waals surface area contributed by atoms with Gasteiger partial charge in [0.1, 0.15) is 0 Å². The maximum atomic E-state index is 4.38. The number of hydrazine groups is 1. The predicted molar refractivity (Wildman–Crippen MR) is 97.9 cm³/mol. The number of aromatic nitrogens is 2. The summed E-state index contributed by atoms with van der Waals surface area (Å²) in [4.78, 5) is 13.5. The zero-order valence-electron chi connectivity index (χ0n) is 14.4. The van der Waals surface area contributed by atoms with Crippen molar-refractivity contribution in [3.05, 3.63) is 60.0 Å². The molecule has 25 heavy (non-hydrogen) atoms. The van der Waals surface area contributed by atoms with E-state index in [4.69, 9.17) is 0 Å². The van der Waals surface area contributed by atoms with Crippen molar-refractivity contribution >= 4 is 11.0 Å². The first kappa shape index (κ1) is 15.7. The minimum absolute atomic E-state index is 0.741. The molecular formula is C18H23N7. The van der Waals surface area contributed by atoms with Crippen molar-refractivity contribution in [1.82, 2.24) is 35.9 Å². The molecule has 1 aromatic carbocycles. The molecule has 2 aromatic rings. The third-order valence-corrected chi connectivity index (χ3v) is 4.65. The van der Waals surface area contributed by atoms with E-state index in [-0.39, 0.29) is 0 Å². The summed E-state index contributed by atoms with van der Waals surface area (Å²) in [7, 11) is 2.17. The van der Waals surface area contributed by atoms with Gasteiger partial charge in [-0.05, 0) is 24.7 Å². The van der Waals surface area contributed by atoms with Crippen LogP contribution in [0.4, 0.5) is 0 Å². The fraction of sp³-hybridized carbons (Fsp3) is 0.333. The number of hydrogen-bond acceptors (Lipinski definition) is 7. The first-order chi connectivity index (χ1) is 12.3. The third kappa shape index (κ3) is 3.51. The summed E-state index contributed by atoms with van der Waals surface area (Å²) in [5.41, 5.74) is 11.5. The Morgan fingerprint density at radius 3 is 2.60 bits per heavy atom. The number of hydrogen-bond donors (Lipinski definition) is 3. The van der Waals surface area contributed by atoms with Gasteiger partial charge < -0.3 is 26.0 Å². The second-order valence-corrected chi connectivity index (χ2v) is 6.40. The first-order valence-electron chi connectivity index (χ1n) is 8.58. The molecule has 1 aromatic heterocycles. The second kappa shape index (κ2) is 6.98. The van der Waals surface area contributed by atoms with E-state index in [2.05, 4.69) is 55.1 Å². The average molecular weight is 337 g/mol. The van der Waals surface area contributed by atoms with E-state index in [0.29, 0.717) is 0 Å². The van der Waals surface area contributed by atoms with Crippen LogP contribution in [0.1, 0.15) is 5.56 Å². The van der Waals surface area contributed by atoms with Gasteiger partial charge in [-0.2, -0.15) is 0 Å². The molecule has 0 unspecified atom stereocenters. The minimum atomic E-state index is 0.741. The normalized spacial score (nSPS) is 18.2. The Hall–Kier alpha value is -2.80. The number of rotatable bonds is 4. The van der Waals surface area contributed by atoms with Crippen molar-refractivity contribution in [3.8, 4) is 0 Å². The molecule has 0 radical (unpaired) electrons. The largest absolute Gasteiger partial charge is 0.378 e. The summed E-state index contributed by atoms with van der Waals surface area (Å²) < 4.78 is 0. The van der Waals surface area contributed by atoms with E-state index in [0.717, 1.165) is 49.5 Å². The SMILES string of the molecule is CN1CCN(C2=CNNC=C2NCc2ccc3nccnc3c2)CC1. The topological polar surface area (TPSA) is 68.3 Å². The van der Waals surface area contributed by atoms with E-state index >= 15 is 0 Å². The summed E-state index contributed by atoms with van der Waals surface area (Å²) >= 11 is 0. The maximum Gasteiger partial charge on any atom is 0.0890 e. The van der Waals surface area contributed by atoms with Gasteiger partial charge in [-0.15, -0.1) is 0 Å². The quantitative estimate of drug-likeness (QED) is 0.761. The van der Waals surface area contributed by atoms with Crippen molar-refractivity contribution in [1.29, 1.82) is 0 Å². The fourth-order valence-corrected chi connectivity index (χ4v) is 3.14. The van der Waals surface area contributed by atoms with E-state index in [1.54, 1.807) is 12.4 Å². The van der Waals surface area contributed by atoms with E-state index in [1.165, 1.54) is 11.3 Å². The van der Waals surface area contributed by atoms with E-state index < -0.39 is 0 Å². The molecule has 0 aliphatic carbocycles. The molecule has 0 saturated carbocycles. The molecule has 130 valence electrons. The lowest BCUT2D eigenvalue weighted by Crippen LogP contribution is -2.46. The highest BCUT2D eigenvalue weighted by Gasteiger charge is 2.20. The second-order valence-electron chi connectivity index (χ2n) is 6.40. The van der Waals surface area contributed by atoms with Crippen molar-refractivity contribution in [2.24, 2.45) is 0 Å². The van der Waals surface area contributed by atoms with Gasteiger partial charge in [-0.1, -0.05) is 6.07 Å². The van der Waals surface area contributed by atoms with Crippen LogP contribution in [0.15, 0.2) is 54.4 Å². The summed E-state index contributed by atoms with van der Waals surface area (Å²) in [5.74, 6) is 0. The van der Waals surface area contributed by atoms with E-state index in [9.17, 15) is 0 Å². The van der Waals surface area contributed by atoms with Crippen LogP contribution < -0.4 is 16.2 Å². The standard InChI is InChI=1S/C18H23N7/c1-24-6-8-25(9-7-24)18-13-23-22-12-17(18)21-11-14-2-3-15-16(10-14)20-5-4-19-15/h2-5,10,12-13,21-23H,6-9,11H2,1H3. The van der Waals surface area contributed by atoms with Crippen molar-refractivity contribution in [2.45, 2.75) is 6.54 Å². The monoisotopic (exact) mass is 337 g/mol. The molecule has 1 saturated heterocycles. The molecule has 2 aliphatic rings.